The van der Waals surface area contributed by atoms with Crippen molar-refractivity contribution >= 4 is 35.2 Å². The third kappa shape index (κ3) is 5.55. The molecule has 0 aliphatic carbocycles. The Kier molecular flexibility index (Phi) is 6.98. The van der Waals surface area contributed by atoms with Gasteiger partial charge in [0.05, 0.1) is 0 Å². The van der Waals surface area contributed by atoms with Crippen LogP contribution in [0.3, 0.4) is 0 Å². The van der Waals surface area contributed by atoms with E-state index in [2.05, 4.69) is 10.3 Å². The first kappa shape index (κ1) is 17.8. The van der Waals surface area contributed by atoms with E-state index in [-0.39, 0.29) is 11.1 Å². The molecule has 116 valence electrons. The molecule has 0 bridgehead atoms. The first-order valence-electron chi connectivity index (χ1n) is 6.55. The smallest absolute Gasteiger partial charge is 0.326 e. The van der Waals surface area contributed by atoms with E-state index in [0.29, 0.717) is 23.4 Å². The van der Waals surface area contributed by atoms with Crippen LogP contribution in [0.5, 0.6) is 0 Å². The normalized spacial score (nSPS) is 12.2. The zero-order valence-corrected chi connectivity index (χ0v) is 13.8. The lowest BCUT2D eigenvalue weighted by molar-refractivity contribution is -0.139. The second-order valence-electron chi connectivity index (χ2n) is 4.90. The molecule has 2 N–H and O–H groups in total. The summed E-state index contributed by atoms with van der Waals surface area (Å²) in [5.41, 5.74) is 1.03. The van der Waals surface area contributed by atoms with Crippen LogP contribution in [-0.4, -0.2) is 40.0 Å². The largest absolute Gasteiger partial charge is 0.480 e. The fourth-order valence-corrected chi connectivity index (χ4v) is 2.37. The van der Waals surface area contributed by atoms with E-state index in [1.807, 2.05) is 20.1 Å². The number of amides is 1. The molecule has 5 nitrogen and oxygen atoms in total. The molecule has 0 aliphatic heterocycles. The van der Waals surface area contributed by atoms with Crippen LogP contribution >= 0.6 is 23.4 Å². The van der Waals surface area contributed by atoms with Crippen LogP contribution in [0.1, 0.15) is 42.2 Å². The number of hydrogen-bond donors (Lipinski definition) is 2. The highest BCUT2D eigenvalue weighted by Crippen LogP contribution is 2.18. The summed E-state index contributed by atoms with van der Waals surface area (Å²) in [6.45, 7) is 3.89. The average molecular weight is 331 g/mol. The molecule has 1 rings (SSSR count). The topological polar surface area (TPSA) is 79.3 Å². The fourth-order valence-electron chi connectivity index (χ4n) is 1.68. The molecule has 0 radical (unpaired) electrons. The van der Waals surface area contributed by atoms with E-state index in [0.717, 1.165) is 0 Å². The Morgan fingerprint density at radius 3 is 2.62 bits per heavy atom. The summed E-state index contributed by atoms with van der Waals surface area (Å²) >= 11 is 7.44. The molecule has 1 aromatic heterocycles. The summed E-state index contributed by atoms with van der Waals surface area (Å²) in [7, 11) is 0. The zero-order valence-electron chi connectivity index (χ0n) is 12.2. The predicted molar refractivity (Wildman–Crippen MR) is 85.2 cm³/mol. The number of nitrogens with zero attached hydrogens (tertiary/aromatic N) is 1. The number of aromatic nitrogens is 1. The van der Waals surface area contributed by atoms with E-state index in [9.17, 15) is 9.59 Å². The van der Waals surface area contributed by atoms with E-state index in [1.54, 1.807) is 6.07 Å². The highest BCUT2D eigenvalue weighted by atomic mass is 35.5. The van der Waals surface area contributed by atoms with E-state index < -0.39 is 17.9 Å². The minimum Gasteiger partial charge on any atom is -0.480 e. The van der Waals surface area contributed by atoms with Crippen LogP contribution in [-0.2, 0) is 4.79 Å². The Balaban J connectivity index is 2.89. The second kappa shape index (κ2) is 8.24. The van der Waals surface area contributed by atoms with Gasteiger partial charge in [0.1, 0.15) is 11.2 Å². The summed E-state index contributed by atoms with van der Waals surface area (Å²) in [4.78, 5) is 27.5. The van der Waals surface area contributed by atoms with Gasteiger partial charge in [0.2, 0.25) is 0 Å². The molecular weight excluding hydrogens is 312 g/mol. The van der Waals surface area contributed by atoms with Crippen molar-refractivity contribution in [2.24, 2.45) is 0 Å². The highest BCUT2D eigenvalue weighted by Gasteiger charge is 2.21. The van der Waals surface area contributed by atoms with Gasteiger partial charge < -0.3 is 10.4 Å². The molecule has 7 heteroatoms. The first-order chi connectivity index (χ1) is 9.85. The molecule has 0 fully saturated rings. The van der Waals surface area contributed by atoms with Crippen LogP contribution in [0.15, 0.2) is 12.1 Å². The number of nitrogens with one attached hydrogen (secondary N) is 1. The molecule has 21 heavy (non-hydrogen) atoms. The lowest BCUT2D eigenvalue weighted by Crippen LogP contribution is -2.41. The van der Waals surface area contributed by atoms with Crippen molar-refractivity contribution in [3.63, 3.8) is 0 Å². The van der Waals surface area contributed by atoms with E-state index in [4.69, 9.17) is 16.7 Å². The Morgan fingerprint density at radius 1 is 1.43 bits per heavy atom. The number of pyridine rings is 1. The monoisotopic (exact) mass is 330 g/mol. The van der Waals surface area contributed by atoms with Gasteiger partial charge in [-0.05, 0) is 36.5 Å². The van der Waals surface area contributed by atoms with Crippen LogP contribution < -0.4 is 5.32 Å². The number of aliphatic carboxylic acids is 1. The quantitative estimate of drug-likeness (QED) is 0.751. The van der Waals surface area contributed by atoms with E-state index >= 15 is 0 Å². The SMILES string of the molecule is CSCCC(NC(=O)c1cc(Cl)nc(C(C)C)c1)C(=O)O. The lowest BCUT2D eigenvalue weighted by atomic mass is 10.1. The minimum absolute atomic E-state index is 0.127. The van der Waals surface area contributed by atoms with Crippen molar-refractivity contribution in [3.8, 4) is 0 Å². The molecule has 0 spiro atoms. The summed E-state index contributed by atoms with van der Waals surface area (Å²) in [5.74, 6) is -0.704. The number of carboxylic acid groups (broad SMARTS) is 1. The van der Waals surface area contributed by atoms with Gasteiger partial charge in [0, 0.05) is 11.3 Å². The maximum Gasteiger partial charge on any atom is 0.326 e. The molecule has 0 saturated heterocycles. The number of carbonyl (C=O) groups excluding carboxylic acids is 1. The molecule has 1 atom stereocenters. The van der Waals surface area contributed by atoms with Crippen LogP contribution in [0.25, 0.3) is 0 Å². The molecule has 1 amide bonds. The summed E-state index contributed by atoms with van der Waals surface area (Å²) in [6, 6.07) is 2.18. The van der Waals surface area contributed by atoms with Gasteiger partial charge in [-0.25, -0.2) is 9.78 Å². The van der Waals surface area contributed by atoms with Gasteiger partial charge in [-0.1, -0.05) is 25.4 Å². The molecule has 1 heterocycles. The summed E-state index contributed by atoms with van der Waals surface area (Å²) in [5, 5.41) is 11.9. The number of rotatable bonds is 7. The van der Waals surface area contributed by atoms with Crippen molar-refractivity contribution in [3.05, 3.63) is 28.5 Å². The average Bonchev–Trinajstić information content (AvgIpc) is 2.42. The summed E-state index contributed by atoms with van der Waals surface area (Å²) in [6.07, 6.45) is 2.26. The Morgan fingerprint density at radius 2 is 2.10 bits per heavy atom. The summed E-state index contributed by atoms with van der Waals surface area (Å²) < 4.78 is 0. The molecule has 1 aromatic rings. The maximum absolute atomic E-state index is 12.2. The van der Waals surface area contributed by atoms with Crippen LogP contribution in [0, 0.1) is 0 Å². The van der Waals surface area contributed by atoms with Crippen molar-refractivity contribution in [1.29, 1.82) is 0 Å². The van der Waals surface area contributed by atoms with Gasteiger partial charge in [-0.3, -0.25) is 4.79 Å². The van der Waals surface area contributed by atoms with Crippen molar-refractivity contribution in [2.45, 2.75) is 32.2 Å². The third-order valence-corrected chi connectivity index (χ3v) is 3.72. The Hall–Kier alpha value is -1.27. The van der Waals surface area contributed by atoms with E-state index in [1.165, 1.54) is 17.8 Å². The first-order valence-corrected chi connectivity index (χ1v) is 8.32. The van der Waals surface area contributed by atoms with Gasteiger partial charge in [0.25, 0.3) is 5.91 Å². The number of carboxylic acids is 1. The molecule has 0 aliphatic rings. The Bertz CT molecular complexity index is 523. The minimum atomic E-state index is -1.04. The molecule has 0 aromatic carbocycles. The fraction of sp³-hybridized carbons (Fsp3) is 0.500. The number of halogens is 1. The highest BCUT2D eigenvalue weighted by molar-refractivity contribution is 7.98. The van der Waals surface area contributed by atoms with Crippen LogP contribution in [0.4, 0.5) is 0 Å². The third-order valence-electron chi connectivity index (χ3n) is 2.88. The Labute approximate surface area is 133 Å². The standard InChI is InChI=1S/C14H19ClN2O3S/c1-8(2)11-6-9(7-12(15)16-11)13(18)17-10(14(19)20)4-5-21-3/h6-8,10H,4-5H2,1-3H3,(H,17,18)(H,19,20). The van der Waals surface area contributed by atoms with Gasteiger partial charge in [0.15, 0.2) is 0 Å². The van der Waals surface area contributed by atoms with Crippen LogP contribution in [0.2, 0.25) is 5.15 Å². The molecule has 0 saturated carbocycles. The van der Waals surface area contributed by atoms with Crippen molar-refractivity contribution < 1.29 is 14.7 Å². The lowest BCUT2D eigenvalue weighted by Gasteiger charge is -2.15. The van der Waals surface area contributed by atoms with Crippen molar-refractivity contribution in [2.75, 3.05) is 12.0 Å². The van der Waals surface area contributed by atoms with Gasteiger partial charge >= 0.3 is 5.97 Å². The molecular formula is C14H19ClN2O3S. The predicted octanol–water partition coefficient (Wildman–Crippen LogP) is 2.79. The molecule has 1 unspecified atom stereocenters. The number of hydrogen-bond acceptors (Lipinski definition) is 4. The maximum atomic E-state index is 12.2. The zero-order chi connectivity index (χ0) is 16.0. The second-order valence-corrected chi connectivity index (χ2v) is 6.28. The number of thioether (sulfide) groups is 1. The number of carbonyl (C=O) groups is 2. The van der Waals surface area contributed by atoms with Crippen molar-refractivity contribution in [1.82, 2.24) is 10.3 Å². The van der Waals surface area contributed by atoms with Gasteiger partial charge in [-0.2, -0.15) is 11.8 Å². The van der Waals surface area contributed by atoms with Gasteiger partial charge in [-0.15, -0.1) is 0 Å².